The Hall–Kier alpha value is -3.67. The van der Waals surface area contributed by atoms with E-state index in [1.807, 2.05) is 19.9 Å². The highest BCUT2D eigenvalue weighted by atomic mass is 16.5. The van der Waals surface area contributed by atoms with Crippen molar-refractivity contribution in [3.8, 4) is 0 Å². The monoisotopic (exact) mass is 375 g/mol. The van der Waals surface area contributed by atoms with Crippen LogP contribution in [0.5, 0.6) is 0 Å². The molecule has 6 heteroatoms. The maximum Gasteiger partial charge on any atom is 0.339 e. The van der Waals surface area contributed by atoms with Crippen LogP contribution >= 0.6 is 0 Å². The molecular weight excluding hydrogens is 354 g/mol. The second-order valence-corrected chi connectivity index (χ2v) is 6.37. The van der Waals surface area contributed by atoms with Crippen LogP contribution in [-0.4, -0.2) is 24.0 Å². The molecule has 1 heterocycles. The van der Waals surface area contributed by atoms with Crippen molar-refractivity contribution in [1.82, 2.24) is 4.98 Å². The van der Waals surface area contributed by atoms with E-state index in [1.54, 1.807) is 42.6 Å². The number of nitrogens with one attached hydrogen (secondary N) is 2. The third-order valence-corrected chi connectivity index (χ3v) is 4.25. The van der Waals surface area contributed by atoms with Gasteiger partial charge in [-0.2, -0.15) is 0 Å². The summed E-state index contributed by atoms with van der Waals surface area (Å²) in [5.74, 6) is -0.924. The fourth-order valence-corrected chi connectivity index (χ4v) is 2.69. The zero-order chi connectivity index (χ0) is 20.1. The number of nitrogens with zero attached hydrogens (tertiary/aromatic N) is 1. The molecule has 0 saturated heterocycles. The standard InChI is InChI=1S/C22H21N3O3/c1-14-8-9-15(2)20(12-14)24-16-10-11-19(23-13-16)21(26)25-18-7-5-4-6-17(18)22(27)28-3/h4-13,24H,1-3H3,(H,25,26). The summed E-state index contributed by atoms with van der Waals surface area (Å²) in [6.45, 7) is 4.05. The third-order valence-electron chi connectivity index (χ3n) is 4.25. The lowest BCUT2D eigenvalue weighted by molar-refractivity contribution is 0.0602. The summed E-state index contributed by atoms with van der Waals surface area (Å²) in [4.78, 5) is 28.6. The highest BCUT2D eigenvalue weighted by Crippen LogP contribution is 2.22. The molecule has 3 rings (SSSR count). The van der Waals surface area contributed by atoms with Crippen LogP contribution in [0.3, 0.4) is 0 Å². The fourth-order valence-electron chi connectivity index (χ4n) is 2.69. The lowest BCUT2D eigenvalue weighted by Crippen LogP contribution is -2.16. The van der Waals surface area contributed by atoms with Crippen LogP contribution in [0.1, 0.15) is 32.0 Å². The molecule has 142 valence electrons. The Labute approximate surface area is 163 Å². The summed E-state index contributed by atoms with van der Waals surface area (Å²) in [6, 6.07) is 16.2. The number of ether oxygens (including phenoxy) is 1. The fraction of sp³-hybridized carbons (Fsp3) is 0.136. The maximum absolute atomic E-state index is 12.5. The highest BCUT2D eigenvalue weighted by Gasteiger charge is 2.15. The number of amides is 1. The van der Waals surface area contributed by atoms with E-state index in [9.17, 15) is 9.59 Å². The number of rotatable bonds is 5. The highest BCUT2D eigenvalue weighted by molar-refractivity contribution is 6.07. The molecule has 1 amide bonds. The molecule has 0 aliphatic rings. The normalized spacial score (nSPS) is 10.2. The molecule has 2 aromatic carbocycles. The van der Waals surface area contributed by atoms with Crippen LogP contribution < -0.4 is 10.6 Å². The van der Waals surface area contributed by atoms with Gasteiger partial charge in [-0.1, -0.05) is 24.3 Å². The van der Waals surface area contributed by atoms with Crippen molar-refractivity contribution in [3.63, 3.8) is 0 Å². The Morgan fingerprint density at radius 3 is 2.46 bits per heavy atom. The van der Waals surface area contributed by atoms with Gasteiger partial charge in [0, 0.05) is 5.69 Å². The van der Waals surface area contributed by atoms with Crippen molar-refractivity contribution >= 4 is 28.9 Å². The predicted octanol–water partition coefficient (Wildman–Crippen LogP) is 4.48. The Balaban J connectivity index is 1.74. The number of para-hydroxylation sites is 1. The quantitative estimate of drug-likeness (QED) is 0.643. The zero-order valence-corrected chi connectivity index (χ0v) is 15.9. The number of anilines is 3. The first-order chi connectivity index (χ1) is 13.5. The summed E-state index contributed by atoms with van der Waals surface area (Å²) >= 11 is 0. The molecular formula is C22H21N3O3. The van der Waals surface area contributed by atoms with Crippen molar-refractivity contribution in [2.24, 2.45) is 0 Å². The van der Waals surface area contributed by atoms with E-state index in [1.165, 1.54) is 7.11 Å². The molecule has 1 aromatic heterocycles. The lowest BCUT2D eigenvalue weighted by Gasteiger charge is -2.11. The molecule has 6 nitrogen and oxygen atoms in total. The van der Waals surface area contributed by atoms with E-state index >= 15 is 0 Å². The Morgan fingerprint density at radius 1 is 0.964 bits per heavy atom. The molecule has 0 atom stereocenters. The molecule has 0 spiro atoms. The summed E-state index contributed by atoms with van der Waals surface area (Å²) < 4.78 is 4.74. The first-order valence-electron chi connectivity index (χ1n) is 8.77. The van der Waals surface area contributed by atoms with Gasteiger partial charge >= 0.3 is 5.97 Å². The minimum absolute atomic E-state index is 0.242. The smallest absolute Gasteiger partial charge is 0.339 e. The largest absolute Gasteiger partial charge is 0.465 e. The molecule has 0 unspecified atom stereocenters. The lowest BCUT2D eigenvalue weighted by atomic mass is 10.1. The molecule has 28 heavy (non-hydrogen) atoms. The van der Waals surface area contributed by atoms with Crippen molar-refractivity contribution in [2.45, 2.75) is 13.8 Å². The summed E-state index contributed by atoms with van der Waals surface area (Å²) in [5, 5.41) is 6.01. The summed E-state index contributed by atoms with van der Waals surface area (Å²) in [6.07, 6.45) is 1.60. The maximum atomic E-state index is 12.5. The van der Waals surface area contributed by atoms with Gasteiger partial charge in [0.05, 0.1) is 30.2 Å². The van der Waals surface area contributed by atoms with Gasteiger partial charge in [-0.25, -0.2) is 9.78 Å². The van der Waals surface area contributed by atoms with Crippen LogP contribution in [-0.2, 0) is 4.74 Å². The van der Waals surface area contributed by atoms with E-state index in [-0.39, 0.29) is 11.3 Å². The number of carbonyl (C=O) groups excluding carboxylic acids is 2. The molecule has 0 saturated carbocycles. The van der Waals surface area contributed by atoms with Crippen LogP contribution in [0, 0.1) is 13.8 Å². The van der Waals surface area contributed by atoms with E-state index in [0.29, 0.717) is 5.69 Å². The average molecular weight is 375 g/mol. The second-order valence-electron chi connectivity index (χ2n) is 6.37. The van der Waals surface area contributed by atoms with Crippen LogP contribution in [0.2, 0.25) is 0 Å². The van der Waals surface area contributed by atoms with Crippen molar-refractivity contribution in [1.29, 1.82) is 0 Å². The minimum Gasteiger partial charge on any atom is -0.465 e. The van der Waals surface area contributed by atoms with Crippen LogP contribution in [0.15, 0.2) is 60.8 Å². The number of pyridine rings is 1. The Bertz CT molecular complexity index is 1010. The van der Waals surface area contributed by atoms with Crippen molar-refractivity contribution < 1.29 is 14.3 Å². The predicted molar refractivity (Wildman–Crippen MR) is 109 cm³/mol. The molecule has 0 fully saturated rings. The van der Waals surface area contributed by atoms with E-state index in [0.717, 1.165) is 22.5 Å². The molecule has 3 aromatic rings. The Morgan fingerprint density at radius 2 is 1.75 bits per heavy atom. The van der Waals surface area contributed by atoms with Crippen LogP contribution in [0.25, 0.3) is 0 Å². The Kier molecular flexibility index (Phi) is 5.69. The first kappa shape index (κ1) is 19.1. The number of benzene rings is 2. The van der Waals surface area contributed by atoms with Gasteiger partial charge < -0.3 is 15.4 Å². The second kappa shape index (κ2) is 8.35. The number of methoxy groups -OCH3 is 1. The number of hydrogen-bond acceptors (Lipinski definition) is 5. The number of esters is 1. The van der Waals surface area contributed by atoms with Gasteiger partial charge in [0.2, 0.25) is 0 Å². The van der Waals surface area contributed by atoms with Gasteiger partial charge in [0.15, 0.2) is 0 Å². The number of aryl methyl sites for hydroxylation is 2. The third kappa shape index (κ3) is 4.35. The molecule has 0 radical (unpaired) electrons. The number of aromatic nitrogens is 1. The van der Waals surface area contributed by atoms with Crippen LogP contribution in [0.4, 0.5) is 17.1 Å². The minimum atomic E-state index is -0.517. The first-order valence-corrected chi connectivity index (χ1v) is 8.77. The van der Waals surface area contributed by atoms with Gasteiger partial charge in [0.1, 0.15) is 5.69 Å². The topological polar surface area (TPSA) is 80.3 Å². The molecule has 2 N–H and O–H groups in total. The van der Waals surface area contributed by atoms with E-state index in [4.69, 9.17) is 4.74 Å². The summed E-state index contributed by atoms with van der Waals surface area (Å²) in [5.41, 5.74) is 4.94. The van der Waals surface area contributed by atoms with Crippen molar-refractivity contribution in [3.05, 3.63) is 83.2 Å². The van der Waals surface area contributed by atoms with Gasteiger partial charge in [-0.3, -0.25) is 4.79 Å². The molecule has 0 bridgehead atoms. The van der Waals surface area contributed by atoms with Gasteiger partial charge in [-0.05, 0) is 55.3 Å². The van der Waals surface area contributed by atoms with E-state index in [2.05, 4.69) is 27.8 Å². The van der Waals surface area contributed by atoms with E-state index < -0.39 is 11.9 Å². The van der Waals surface area contributed by atoms with Crippen molar-refractivity contribution in [2.75, 3.05) is 17.7 Å². The number of hydrogen-bond donors (Lipinski definition) is 2. The average Bonchev–Trinajstić information content (AvgIpc) is 2.71. The van der Waals surface area contributed by atoms with Gasteiger partial charge in [-0.15, -0.1) is 0 Å². The SMILES string of the molecule is COC(=O)c1ccccc1NC(=O)c1ccc(Nc2cc(C)ccc2C)cn1. The van der Waals surface area contributed by atoms with Gasteiger partial charge in [0.25, 0.3) is 5.91 Å². The molecule has 0 aliphatic heterocycles. The number of carbonyl (C=O) groups is 2. The summed E-state index contributed by atoms with van der Waals surface area (Å²) in [7, 11) is 1.30. The zero-order valence-electron chi connectivity index (χ0n) is 15.9. The molecule has 0 aliphatic carbocycles.